The third kappa shape index (κ3) is 3.83. The number of fused-ring (bicyclic) bond motifs is 1. The van der Waals surface area contributed by atoms with E-state index in [4.69, 9.17) is 10.7 Å². The van der Waals surface area contributed by atoms with E-state index in [2.05, 4.69) is 49.1 Å². The number of hydrogen-bond donors (Lipinski definition) is 1. The molecule has 0 bridgehead atoms. The van der Waals surface area contributed by atoms with Crippen LogP contribution in [0.2, 0.25) is 0 Å². The minimum atomic E-state index is 0.505. The Morgan fingerprint density at radius 2 is 1.79 bits per heavy atom. The molecule has 2 nitrogen and oxygen atoms in total. The second-order valence-electron chi connectivity index (χ2n) is 9.19. The number of benzene rings is 1. The van der Waals surface area contributed by atoms with Gasteiger partial charge in [-0.05, 0) is 103 Å². The first-order valence-electron chi connectivity index (χ1n) is 11.4. The van der Waals surface area contributed by atoms with Crippen LogP contribution in [0.3, 0.4) is 0 Å². The molecule has 3 aliphatic rings. The Morgan fingerprint density at radius 3 is 2.55 bits per heavy atom. The van der Waals surface area contributed by atoms with E-state index in [1.165, 1.54) is 79.3 Å². The molecule has 29 heavy (non-hydrogen) atoms. The molecule has 2 saturated carbocycles. The van der Waals surface area contributed by atoms with E-state index in [0.717, 1.165) is 5.69 Å². The second kappa shape index (κ2) is 7.91. The van der Waals surface area contributed by atoms with Crippen LogP contribution in [0.15, 0.2) is 43.0 Å². The summed E-state index contributed by atoms with van der Waals surface area (Å²) in [6.45, 7) is 5.04. The van der Waals surface area contributed by atoms with Crippen molar-refractivity contribution in [3.05, 3.63) is 76.6 Å². The number of aromatic nitrogens is 1. The fourth-order valence-electron chi connectivity index (χ4n) is 5.28. The van der Waals surface area contributed by atoms with Crippen LogP contribution in [0.1, 0.15) is 90.4 Å². The molecule has 0 aliphatic heterocycles. The van der Waals surface area contributed by atoms with Crippen molar-refractivity contribution in [2.75, 3.05) is 0 Å². The monoisotopic (exact) mass is 384 g/mol. The Morgan fingerprint density at radius 1 is 1.00 bits per heavy atom. The zero-order chi connectivity index (χ0) is 19.8. The summed E-state index contributed by atoms with van der Waals surface area (Å²) < 4.78 is 0. The van der Waals surface area contributed by atoms with Crippen molar-refractivity contribution in [2.24, 2.45) is 11.7 Å². The molecule has 0 unspecified atom stereocenters. The highest BCUT2D eigenvalue weighted by Gasteiger charge is 2.31. The van der Waals surface area contributed by atoms with Crippen molar-refractivity contribution in [3.63, 3.8) is 0 Å². The van der Waals surface area contributed by atoms with E-state index in [9.17, 15) is 0 Å². The van der Waals surface area contributed by atoms with Gasteiger partial charge in [-0.2, -0.15) is 0 Å². The Labute approximate surface area is 174 Å². The summed E-state index contributed by atoms with van der Waals surface area (Å²) in [5.74, 6) is 1.95. The Hall–Kier alpha value is -2.19. The molecule has 0 spiro atoms. The average Bonchev–Trinajstić information content (AvgIpc) is 3.63. The number of rotatable bonds is 5. The number of nitrogens with zero attached hydrogens (tertiary/aromatic N) is 1. The molecule has 5 rings (SSSR count). The van der Waals surface area contributed by atoms with E-state index >= 15 is 0 Å². The average molecular weight is 385 g/mol. The Balaban J connectivity index is 1.30. The molecule has 2 fully saturated rings. The van der Waals surface area contributed by atoms with Gasteiger partial charge in [-0.15, -0.1) is 0 Å². The number of allylic oxidation sites excluding steroid dienone is 2. The third-order valence-corrected chi connectivity index (χ3v) is 7.25. The zero-order valence-corrected chi connectivity index (χ0v) is 17.4. The highest BCUT2D eigenvalue weighted by molar-refractivity contribution is 5.66. The maximum absolute atomic E-state index is 5.87. The lowest BCUT2D eigenvalue weighted by atomic mass is 9.74. The molecule has 1 aromatic heterocycles. The molecule has 2 N–H and O–H groups in total. The number of pyridine rings is 1. The van der Waals surface area contributed by atoms with Crippen LogP contribution >= 0.6 is 0 Å². The van der Waals surface area contributed by atoms with Crippen molar-refractivity contribution in [3.8, 4) is 0 Å². The first-order chi connectivity index (χ1) is 14.2. The lowest BCUT2D eigenvalue weighted by Gasteiger charge is -2.31. The molecule has 3 aliphatic carbocycles. The summed E-state index contributed by atoms with van der Waals surface area (Å²) in [5.41, 5.74) is 15.2. The van der Waals surface area contributed by atoms with Gasteiger partial charge in [0.25, 0.3) is 0 Å². The SMILES string of the molecule is C=C(c1nc(CN)ccc1C1CC1)C1CCC(c2ccc3c(c2)CCC=C3)CC1. The fraction of sp³-hybridized carbons (Fsp3) is 0.444. The molecular formula is C27H32N2. The molecule has 0 saturated heterocycles. The van der Waals surface area contributed by atoms with Gasteiger partial charge < -0.3 is 5.73 Å². The zero-order valence-electron chi connectivity index (χ0n) is 17.4. The van der Waals surface area contributed by atoms with Crippen molar-refractivity contribution in [1.82, 2.24) is 4.98 Å². The summed E-state index contributed by atoms with van der Waals surface area (Å²) >= 11 is 0. The highest BCUT2D eigenvalue weighted by atomic mass is 14.8. The highest BCUT2D eigenvalue weighted by Crippen LogP contribution is 2.46. The molecule has 0 radical (unpaired) electrons. The van der Waals surface area contributed by atoms with Gasteiger partial charge in [0.1, 0.15) is 0 Å². The van der Waals surface area contributed by atoms with Crippen LogP contribution in [-0.4, -0.2) is 4.98 Å². The van der Waals surface area contributed by atoms with Gasteiger partial charge in [-0.1, -0.05) is 43.0 Å². The normalized spacial score (nSPS) is 23.6. The largest absolute Gasteiger partial charge is 0.325 e. The summed E-state index contributed by atoms with van der Waals surface area (Å²) in [4.78, 5) is 4.92. The third-order valence-electron chi connectivity index (χ3n) is 7.25. The van der Waals surface area contributed by atoms with Crippen molar-refractivity contribution in [2.45, 2.75) is 69.7 Å². The minimum absolute atomic E-state index is 0.505. The molecular weight excluding hydrogens is 352 g/mol. The van der Waals surface area contributed by atoms with Crippen molar-refractivity contribution < 1.29 is 0 Å². The Kier molecular flexibility index (Phi) is 5.13. The molecule has 1 heterocycles. The Bertz CT molecular complexity index is 943. The lowest BCUT2D eigenvalue weighted by Crippen LogP contribution is -2.16. The van der Waals surface area contributed by atoms with Crippen LogP contribution in [-0.2, 0) is 13.0 Å². The second-order valence-corrected chi connectivity index (χ2v) is 9.19. The maximum Gasteiger partial charge on any atom is 0.0697 e. The topological polar surface area (TPSA) is 38.9 Å². The number of aryl methyl sites for hydroxylation is 1. The summed E-state index contributed by atoms with van der Waals surface area (Å²) in [5, 5.41) is 0. The van der Waals surface area contributed by atoms with E-state index in [0.29, 0.717) is 24.3 Å². The maximum atomic E-state index is 5.87. The molecule has 150 valence electrons. The fourth-order valence-corrected chi connectivity index (χ4v) is 5.28. The van der Waals surface area contributed by atoms with Gasteiger partial charge >= 0.3 is 0 Å². The van der Waals surface area contributed by atoms with Gasteiger partial charge in [0.15, 0.2) is 0 Å². The molecule has 2 aromatic rings. The summed E-state index contributed by atoms with van der Waals surface area (Å²) in [7, 11) is 0. The van der Waals surface area contributed by atoms with Crippen LogP contribution in [0.5, 0.6) is 0 Å². The van der Waals surface area contributed by atoms with Crippen molar-refractivity contribution >= 4 is 11.6 Å². The predicted octanol–water partition coefficient (Wildman–Crippen LogP) is 6.36. The first-order valence-corrected chi connectivity index (χ1v) is 11.4. The predicted molar refractivity (Wildman–Crippen MR) is 122 cm³/mol. The lowest BCUT2D eigenvalue weighted by molar-refractivity contribution is 0.383. The van der Waals surface area contributed by atoms with Crippen LogP contribution < -0.4 is 5.73 Å². The van der Waals surface area contributed by atoms with Crippen molar-refractivity contribution in [1.29, 1.82) is 0 Å². The number of nitrogens with two attached hydrogens (primary N) is 1. The van der Waals surface area contributed by atoms with E-state index in [-0.39, 0.29) is 0 Å². The first kappa shape index (κ1) is 18.8. The van der Waals surface area contributed by atoms with Gasteiger partial charge in [0.2, 0.25) is 0 Å². The van der Waals surface area contributed by atoms with Crippen LogP contribution in [0.4, 0.5) is 0 Å². The van der Waals surface area contributed by atoms with E-state index in [1.54, 1.807) is 5.56 Å². The molecule has 2 heteroatoms. The van der Waals surface area contributed by atoms with Gasteiger partial charge in [-0.25, -0.2) is 0 Å². The standard InChI is InChI=1S/C27H32N2/c1-18(27-26(22-11-12-22)15-14-25(17-28)29-27)19-6-8-21(9-7-19)24-13-10-20-4-2-3-5-23(20)16-24/h2,4,10,13-16,19,21-22H,1,3,5-9,11-12,17,28H2. The van der Waals surface area contributed by atoms with E-state index < -0.39 is 0 Å². The molecule has 0 atom stereocenters. The van der Waals surface area contributed by atoms with Gasteiger partial charge in [-0.3, -0.25) is 4.98 Å². The molecule has 0 amide bonds. The van der Waals surface area contributed by atoms with Crippen LogP contribution in [0.25, 0.3) is 11.6 Å². The van der Waals surface area contributed by atoms with Gasteiger partial charge in [0.05, 0.1) is 11.4 Å². The molecule has 1 aromatic carbocycles. The smallest absolute Gasteiger partial charge is 0.0697 e. The summed E-state index contributed by atoms with van der Waals surface area (Å²) in [6.07, 6.45) is 14.5. The van der Waals surface area contributed by atoms with Gasteiger partial charge in [0, 0.05) is 6.54 Å². The van der Waals surface area contributed by atoms with E-state index in [1.807, 2.05) is 0 Å². The van der Waals surface area contributed by atoms with Crippen LogP contribution in [0, 0.1) is 5.92 Å². The quantitative estimate of drug-likeness (QED) is 0.651. The minimum Gasteiger partial charge on any atom is -0.325 e. The number of hydrogen-bond acceptors (Lipinski definition) is 2. The summed E-state index contributed by atoms with van der Waals surface area (Å²) in [6, 6.07) is 11.5.